The number of carbonyl (C=O) groups is 1. The van der Waals surface area contributed by atoms with Gasteiger partial charge in [-0.25, -0.2) is 4.79 Å². The highest BCUT2D eigenvalue weighted by Gasteiger charge is 2.10. The first-order chi connectivity index (χ1) is 12.1. The van der Waals surface area contributed by atoms with Crippen LogP contribution in [0.1, 0.15) is 11.3 Å². The lowest BCUT2D eigenvalue weighted by Gasteiger charge is -2.07. The van der Waals surface area contributed by atoms with E-state index >= 15 is 0 Å². The van der Waals surface area contributed by atoms with E-state index in [0.717, 1.165) is 11.1 Å². The third-order valence-corrected chi connectivity index (χ3v) is 3.91. The number of rotatable bonds is 6. The average Bonchev–Trinajstić information content (AvgIpc) is 3.11. The molecule has 0 unspecified atom stereocenters. The van der Waals surface area contributed by atoms with Crippen LogP contribution in [0.25, 0.3) is 11.3 Å². The van der Waals surface area contributed by atoms with E-state index in [9.17, 15) is 4.79 Å². The quantitative estimate of drug-likeness (QED) is 0.611. The van der Waals surface area contributed by atoms with Crippen molar-refractivity contribution in [1.29, 1.82) is 0 Å². The van der Waals surface area contributed by atoms with Crippen LogP contribution in [0.2, 0.25) is 5.02 Å². The molecule has 1 aromatic heterocycles. The van der Waals surface area contributed by atoms with Gasteiger partial charge in [-0.3, -0.25) is 0 Å². The number of carbonyl (C=O) groups excluding carboxylic acids is 1. The Morgan fingerprint density at radius 2 is 1.96 bits per heavy atom. The van der Waals surface area contributed by atoms with Gasteiger partial charge in [0, 0.05) is 16.7 Å². The van der Waals surface area contributed by atoms with Gasteiger partial charge in [-0.2, -0.15) is 0 Å². The van der Waals surface area contributed by atoms with E-state index in [4.69, 9.17) is 25.6 Å². The molecular weight excluding hydrogens is 342 g/mol. The number of nitrogens with zero attached hydrogens (tertiary/aromatic N) is 1. The number of hydrogen-bond acceptors (Lipinski definition) is 5. The maximum atomic E-state index is 11.8. The predicted octanol–water partition coefficient (Wildman–Crippen LogP) is 4.43. The van der Waals surface area contributed by atoms with Crippen molar-refractivity contribution in [2.45, 2.75) is 13.5 Å². The molecule has 3 rings (SSSR count). The summed E-state index contributed by atoms with van der Waals surface area (Å²) < 4.78 is 15.8. The minimum atomic E-state index is -0.489. The standard InChI is InChI=1S/C19H16ClNO4/c1-13-9-16(7-8-17(13)20)23-12-19(22)24-11-15-10-18(25-21-15)14-5-3-2-4-6-14/h2-10H,11-12H2,1H3. The average molecular weight is 358 g/mol. The smallest absolute Gasteiger partial charge is 0.344 e. The van der Waals surface area contributed by atoms with E-state index < -0.39 is 5.97 Å². The van der Waals surface area contributed by atoms with Crippen molar-refractivity contribution in [1.82, 2.24) is 5.16 Å². The van der Waals surface area contributed by atoms with Crippen LogP contribution < -0.4 is 4.74 Å². The van der Waals surface area contributed by atoms with Gasteiger partial charge in [0.1, 0.15) is 18.1 Å². The number of aryl methyl sites for hydroxylation is 1. The Bertz CT molecular complexity index is 861. The fraction of sp³-hybridized carbons (Fsp3) is 0.158. The van der Waals surface area contributed by atoms with Crippen molar-refractivity contribution in [3.8, 4) is 17.1 Å². The molecule has 0 aliphatic rings. The fourth-order valence-electron chi connectivity index (χ4n) is 2.16. The summed E-state index contributed by atoms with van der Waals surface area (Å²) in [6, 6.07) is 16.5. The van der Waals surface area contributed by atoms with Crippen LogP contribution in [0.5, 0.6) is 5.75 Å². The number of hydrogen-bond donors (Lipinski definition) is 0. The molecule has 2 aromatic carbocycles. The van der Waals surface area contributed by atoms with Crippen LogP contribution in [0.15, 0.2) is 59.1 Å². The molecule has 6 heteroatoms. The molecule has 25 heavy (non-hydrogen) atoms. The number of aromatic nitrogens is 1. The summed E-state index contributed by atoms with van der Waals surface area (Å²) in [4.78, 5) is 11.8. The molecule has 3 aromatic rings. The van der Waals surface area contributed by atoms with E-state index in [2.05, 4.69) is 5.16 Å². The molecule has 0 fully saturated rings. The van der Waals surface area contributed by atoms with Crippen LogP contribution in [0, 0.1) is 6.92 Å². The first-order valence-corrected chi connectivity index (χ1v) is 8.05. The van der Waals surface area contributed by atoms with Gasteiger partial charge < -0.3 is 14.0 Å². The van der Waals surface area contributed by atoms with Crippen LogP contribution in [0.4, 0.5) is 0 Å². The van der Waals surface area contributed by atoms with Gasteiger partial charge >= 0.3 is 5.97 Å². The molecule has 0 amide bonds. The predicted molar refractivity (Wildman–Crippen MR) is 93.4 cm³/mol. The Balaban J connectivity index is 1.49. The molecular formula is C19H16ClNO4. The van der Waals surface area contributed by atoms with Gasteiger partial charge in [-0.05, 0) is 30.7 Å². The molecule has 5 nitrogen and oxygen atoms in total. The Labute approximate surface area is 150 Å². The van der Waals surface area contributed by atoms with Gasteiger partial charge in [0.25, 0.3) is 0 Å². The largest absolute Gasteiger partial charge is 0.482 e. The molecule has 0 aliphatic heterocycles. The zero-order valence-electron chi connectivity index (χ0n) is 13.6. The summed E-state index contributed by atoms with van der Waals surface area (Å²) in [6.07, 6.45) is 0. The molecule has 1 heterocycles. The zero-order chi connectivity index (χ0) is 17.6. The summed E-state index contributed by atoms with van der Waals surface area (Å²) >= 11 is 5.94. The van der Waals surface area contributed by atoms with Crippen molar-refractivity contribution in [3.05, 3.63) is 70.9 Å². The van der Waals surface area contributed by atoms with Crippen molar-refractivity contribution < 1.29 is 18.8 Å². The summed E-state index contributed by atoms with van der Waals surface area (Å²) in [7, 11) is 0. The molecule has 0 radical (unpaired) electrons. The van der Waals surface area contributed by atoms with Gasteiger partial charge in [0.15, 0.2) is 12.4 Å². The van der Waals surface area contributed by atoms with Crippen LogP contribution >= 0.6 is 11.6 Å². The molecule has 0 bridgehead atoms. The first-order valence-electron chi connectivity index (χ1n) is 7.67. The van der Waals surface area contributed by atoms with E-state index in [1.165, 1.54) is 0 Å². The van der Waals surface area contributed by atoms with Gasteiger partial charge in [0.2, 0.25) is 0 Å². The molecule has 0 saturated heterocycles. The fourth-order valence-corrected chi connectivity index (χ4v) is 2.28. The molecule has 0 atom stereocenters. The highest BCUT2D eigenvalue weighted by atomic mass is 35.5. The normalized spacial score (nSPS) is 10.5. The van der Waals surface area contributed by atoms with E-state index in [1.807, 2.05) is 37.3 Å². The number of halogens is 1. The minimum Gasteiger partial charge on any atom is -0.482 e. The van der Waals surface area contributed by atoms with Crippen LogP contribution in [0.3, 0.4) is 0 Å². The third-order valence-electron chi connectivity index (χ3n) is 3.48. The zero-order valence-corrected chi connectivity index (χ0v) is 14.3. The molecule has 0 N–H and O–H groups in total. The Hall–Kier alpha value is -2.79. The molecule has 0 spiro atoms. The van der Waals surface area contributed by atoms with Crippen LogP contribution in [-0.4, -0.2) is 17.7 Å². The Morgan fingerprint density at radius 3 is 2.72 bits per heavy atom. The summed E-state index contributed by atoms with van der Waals surface area (Å²) in [5.74, 6) is 0.697. The van der Waals surface area contributed by atoms with Crippen molar-refractivity contribution >= 4 is 17.6 Å². The second-order valence-corrected chi connectivity index (χ2v) is 5.82. The van der Waals surface area contributed by atoms with Gasteiger partial charge in [-0.1, -0.05) is 47.1 Å². The number of ether oxygens (including phenoxy) is 2. The lowest BCUT2D eigenvalue weighted by molar-refractivity contribution is -0.147. The highest BCUT2D eigenvalue weighted by molar-refractivity contribution is 6.31. The third kappa shape index (κ3) is 4.61. The summed E-state index contributed by atoms with van der Waals surface area (Å²) in [5, 5.41) is 4.54. The first kappa shape index (κ1) is 17.0. The van der Waals surface area contributed by atoms with E-state index in [1.54, 1.807) is 24.3 Å². The van der Waals surface area contributed by atoms with Crippen molar-refractivity contribution in [2.75, 3.05) is 6.61 Å². The summed E-state index contributed by atoms with van der Waals surface area (Å²) in [5.41, 5.74) is 2.33. The Kier molecular flexibility index (Phi) is 5.36. The molecule has 128 valence electrons. The maximum absolute atomic E-state index is 11.8. The maximum Gasteiger partial charge on any atom is 0.344 e. The number of benzene rings is 2. The van der Waals surface area contributed by atoms with Gasteiger partial charge in [0.05, 0.1) is 0 Å². The van der Waals surface area contributed by atoms with Crippen molar-refractivity contribution in [3.63, 3.8) is 0 Å². The topological polar surface area (TPSA) is 61.6 Å². The minimum absolute atomic E-state index is 0.0260. The second-order valence-electron chi connectivity index (χ2n) is 5.41. The summed E-state index contributed by atoms with van der Waals surface area (Å²) in [6.45, 7) is 1.70. The van der Waals surface area contributed by atoms with E-state index in [0.29, 0.717) is 22.2 Å². The van der Waals surface area contributed by atoms with E-state index in [-0.39, 0.29) is 13.2 Å². The molecule has 0 aliphatic carbocycles. The lowest BCUT2D eigenvalue weighted by atomic mass is 10.2. The number of esters is 1. The second kappa shape index (κ2) is 7.85. The van der Waals surface area contributed by atoms with Crippen molar-refractivity contribution in [2.24, 2.45) is 0 Å². The van der Waals surface area contributed by atoms with Gasteiger partial charge in [-0.15, -0.1) is 0 Å². The molecule has 0 saturated carbocycles. The Morgan fingerprint density at radius 1 is 1.16 bits per heavy atom. The highest BCUT2D eigenvalue weighted by Crippen LogP contribution is 2.21. The monoisotopic (exact) mass is 357 g/mol. The lowest BCUT2D eigenvalue weighted by Crippen LogP contribution is -2.14. The SMILES string of the molecule is Cc1cc(OCC(=O)OCc2cc(-c3ccccc3)on2)ccc1Cl. The van der Waals surface area contributed by atoms with Crippen LogP contribution in [-0.2, 0) is 16.1 Å².